The Labute approximate surface area is 176 Å². The average Bonchev–Trinajstić information content (AvgIpc) is 2.74. The van der Waals surface area contributed by atoms with Crippen LogP contribution in [0.3, 0.4) is 0 Å². The molecule has 0 fully saturated rings. The van der Waals surface area contributed by atoms with Gasteiger partial charge in [0, 0.05) is 0 Å². The summed E-state index contributed by atoms with van der Waals surface area (Å²) in [5.41, 5.74) is 2.13. The maximum absolute atomic E-state index is 14.8. The molecule has 6 rings (SSSR count). The summed E-state index contributed by atoms with van der Waals surface area (Å²) >= 11 is 0.309. The third-order valence-corrected chi connectivity index (χ3v) is 14.5. The Morgan fingerprint density at radius 2 is 1.25 bits per heavy atom. The topological polar surface area (TPSA) is 30.0 Å². The van der Waals surface area contributed by atoms with Gasteiger partial charge in [0.2, 0.25) is 0 Å². The van der Waals surface area contributed by atoms with Crippen LogP contribution in [0.1, 0.15) is 0 Å². The van der Waals surface area contributed by atoms with Gasteiger partial charge >= 0.3 is 177 Å². The molecule has 4 aromatic rings. The van der Waals surface area contributed by atoms with Crippen molar-refractivity contribution >= 4 is 70.8 Å². The summed E-state index contributed by atoms with van der Waals surface area (Å²) in [7, 11) is -2.82. The molecule has 0 radical (unpaired) electrons. The van der Waals surface area contributed by atoms with Gasteiger partial charge in [-0.1, -0.05) is 0 Å². The summed E-state index contributed by atoms with van der Waals surface area (Å²) in [4.78, 5) is 4.56. The maximum atomic E-state index is 14.8. The molecule has 0 spiro atoms. The quantitative estimate of drug-likeness (QED) is 0.236. The van der Waals surface area contributed by atoms with Gasteiger partial charge in [-0.25, -0.2) is 0 Å². The molecule has 0 saturated heterocycles. The van der Waals surface area contributed by atoms with Gasteiger partial charge in [0.05, 0.1) is 0 Å². The Morgan fingerprint density at radius 1 is 0.679 bits per heavy atom. The van der Waals surface area contributed by atoms with Crippen LogP contribution in [0.15, 0.2) is 85.1 Å². The van der Waals surface area contributed by atoms with Gasteiger partial charge in [0.25, 0.3) is 0 Å². The van der Waals surface area contributed by atoms with Crippen molar-refractivity contribution in [3.05, 3.63) is 85.1 Å². The normalized spacial score (nSPS) is 15.3. The SMILES string of the molecule is O=P12c3ccccc3[Se]c3cc(-c4ccccn4)cc(c31)[Se]c1ccccc12. The molecule has 0 N–H and O–H groups in total. The van der Waals surface area contributed by atoms with Crippen molar-refractivity contribution in [3.63, 3.8) is 0 Å². The van der Waals surface area contributed by atoms with Gasteiger partial charge in [-0.15, -0.1) is 0 Å². The molecule has 0 aliphatic carbocycles. The third kappa shape index (κ3) is 2.34. The summed E-state index contributed by atoms with van der Waals surface area (Å²) in [6.07, 6.45) is 1.84. The van der Waals surface area contributed by atoms with Crippen molar-refractivity contribution in [2.45, 2.75) is 0 Å². The molecule has 3 heterocycles. The van der Waals surface area contributed by atoms with E-state index < -0.39 is 7.14 Å². The van der Waals surface area contributed by atoms with Crippen molar-refractivity contribution in [1.29, 1.82) is 0 Å². The molecule has 5 heteroatoms. The molecule has 1 aromatic heterocycles. The Morgan fingerprint density at radius 3 is 1.82 bits per heavy atom. The second kappa shape index (κ2) is 6.29. The minimum atomic E-state index is -2.82. The van der Waals surface area contributed by atoms with E-state index in [1.807, 2.05) is 30.5 Å². The van der Waals surface area contributed by atoms with Crippen LogP contribution in [0, 0.1) is 0 Å². The van der Waals surface area contributed by atoms with Crippen LogP contribution in [0.2, 0.25) is 0 Å². The van der Waals surface area contributed by atoms with Gasteiger partial charge < -0.3 is 0 Å². The van der Waals surface area contributed by atoms with Crippen LogP contribution in [-0.4, -0.2) is 34.9 Å². The van der Waals surface area contributed by atoms with E-state index in [1.54, 1.807) is 0 Å². The van der Waals surface area contributed by atoms with Gasteiger partial charge in [0.1, 0.15) is 0 Å². The molecule has 0 amide bonds. The Hall–Kier alpha value is -1.92. The summed E-state index contributed by atoms with van der Waals surface area (Å²) in [6, 6.07) is 27.2. The first-order valence-electron chi connectivity index (χ1n) is 9.00. The van der Waals surface area contributed by atoms with E-state index in [4.69, 9.17) is 0 Å². The van der Waals surface area contributed by atoms with E-state index in [1.165, 1.54) is 17.8 Å². The fourth-order valence-electron chi connectivity index (χ4n) is 3.94. The van der Waals surface area contributed by atoms with E-state index in [-0.39, 0.29) is 29.9 Å². The zero-order valence-corrected chi connectivity index (χ0v) is 19.0. The number of hydrogen-bond donors (Lipinski definition) is 0. The van der Waals surface area contributed by atoms with Crippen molar-refractivity contribution in [2.24, 2.45) is 0 Å². The molecule has 0 unspecified atom stereocenters. The van der Waals surface area contributed by atoms with Crippen LogP contribution < -0.4 is 33.8 Å². The molecular formula is C23H14NOPSe2. The predicted molar refractivity (Wildman–Crippen MR) is 119 cm³/mol. The number of hydrogen-bond acceptors (Lipinski definition) is 2. The molecule has 0 atom stereocenters. The van der Waals surface area contributed by atoms with Crippen LogP contribution >= 0.6 is 7.14 Å². The predicted octanol–water partition coefficient (Wildman–Crippen LogP) is 0.325. The number of fused-ring (bicyclic) bond motifs is 4. The summed E-state index contributed by atoms with van der Waals surface area (Å²) in [5, 5.41) is 3.24. The van der Waals surface area contributed by atoms with Crippen LogP contribution in [0.5, 0.6) is 0 Å². The second-order valence-electron chi connectivity index (χ2n) is 6.78. The van der Waals surface area contributed by atoms with Crippen molar-refractivity contribution < 1.29 is 4.57 Å². The van der Waals surface area contributed by atoms with Crippen LogP contribution in [0.25, 0.3) is 11.3 Å². The molecule has 2 aliphatic heterocycles. The Bertz CT molecular complexity index is 1230. The first kappa shape index (κ1) is 17.0. The number of benzene rings is 3. The molecular weight excluding hydrogens is 495 g/mol. The summed E-state index contributed by atoms with van der Waals surface area (Å²) in [6.45, 7) is 0. The molecule has 0 bridgehead atoms. The van der Waals surface area contributed by atoms with Crippen molar-refractivity contribution in [2.75, 3.05) is 0 Å². The molecule has 2 nitrogen and oxygen atoms in total. The summed E-state index contributed by atoms with van der Waals surface area (Å²) in [5.74, 6) is 0. The van der Waals surface area contributed by atoms with Gasteiger partial charge in [0.15, 0.2) is 0 Å². The minimum absolute atomic E-state index is 0.155. The molecule has 28 heavy (non-hydrogen) atoms. The number of aromatic nitrogens is 1. The molecule has 3 aromatic carbocycles. The van der Waals surface area contributed by atoms with Gasteiger partial charge in [-0.3, -0.25) is 0 Å². The van der Waals surface area contributed by atoms with Crippen molar-refractivity contribution in [3.8, 4) is 11.3 Å². The van der Waals surface area contributed by atoms with Crippen molar-refractivity contribution in [1.82, 2.24) is 4.98 Å². The summed E-state index contributed by atoms with van der Waals surface area (Å²) < 4.78 is 19.8. The molecule has 2 aliphatic rings. The number of nitrogens with zero attached hydrogens (tertiary/aromatic N) is 1. The zero-order chi connectivity index (χ0) is 18.7. The Balaban J connectivity index is 1.70. The van der Waals surface area contributed by atoms with Crippen LogP contribution in [0.4, 0.5) is 0 Å². The van der Waals surface area contributed by atoms with E-state index in [0.29, 0.717) is 0 Å². The van der Waals surface area contributed by atoms with E-state index in [9.17, 15) is 4.57 Å². The fourth-order valence-corrected chi connectivity index (χ4v) is 15.3. The third-order valence-electron chi connectivity index (χ3n) is 5.16. The average molecular weight is 509 g/mol. The van der Waals surface area contributed by atoms with Crippen LogP contribution in [-0.2, 0) is 4.57 Å². The standard InChI is InChI=1S/C23H14NOPSe2/c25-26-17-8-1-3-10-19(17)27-21-13-15(16-7-5-6-12-24-16)14-22(23(21)26)28-20-11-4-2-9-18(20)26/h1-14H. The Kier molecular flexibility index (Phi) is 3.81. The van der Waals surface area contributed by atoms with E-state index >= 15 is 0 Å². The number of pyridine rings is 1. The monoisotopic (exact) mass is 511 g/mol. The fraction of sp³-hybridized carbons (Fsp3) is 0. The number of rotatable bonds is 1. The first-order chi connectivity index (χ1) is 13.7. The second-order valence-corrected chi connectivity index (χ2v) is 14.0. The van der Waals surface area contributed by atoms with Gasteiger partial charge in [-0.05, 0) is 0 Å². The first-order valence-corrected chi connectivity index (χ1v) is 14.1. The van der Waals surface area contributed by atoms with Gasteiger partial charge in [-0.2, -0.15) is 0 Å². The van der Waals surface area contributed by atoms with E-state index in [2.05, 4.69) is 59.6 Å². The molecule has 0 saturated carbocycles. The molecule has 134 valence electrons. The zero-order valence-electron chi connectivity index (χ0n) is 14.7. The van der Waals surface area contributed by atoms with E-state index in [0.717, 1.165) is 27.2 Å².